The Hall–Kier alpha value is -1.10. The van der Waals surface area contributed by atoms with Gasteiger partial charge < -0.3 is 16.2 Å². The lowest BCUT2D eigenvalue weighted by molar-refractivity contribution is -0.143. The summed E-state index contributed by atoms with van der Waals surface area (Å²) in [5, 5.41) is 11.4. The predicted octanol–water partition coefficient (Wildman–Crippen LogP) is 0.585. The highest BCUT2D eigenvalue weighted by Crippen LogP contribution is 2.07. The maximum absolute atomic E-state index is 11.7. The first-order chi connectivity index (χ1) is 7.31. The van der Waals surface area contributed by atoms with Gasteiger partial charge in [0.15, 0.2) is 0 Å². The third-order valence-corrected chi connectivity index (χ3v) is 2.79. The summed E-state index contributed by atoms with van der Waals surface area (Å²) in [6.45, 7) is 7.30. The van der Waals surface area contributed by atoms with E-state index in [1.807, 2.05) is 13.8 Å². The van der Waals surface area contributed by atoms with Gasteiger partial charge in [-0.15, -0.1) is 0 Å². The number of hydrogen-bond donors (Lipinski definition) is 3. The Balaban J connectivity index is 4.46. The molecule has 0 heterocycles. The maximum atomic E-state index is 11.7. The van der Waals surface area contributed by atoms with Crippen molar-refractivity contribution < 1.29 is 14.7 Å². The second-order valence-electron chi connectivity index (χ2n) is 4.48. The summed E-state index contributed by atoms with van der Waals surface area (Å²) in [5.41, 5.74) is 5.71. The molecule has 0 spiro atoms. The number of aliphatic carboxylic acids is 1. The molecule has 0 aromatic rings. The second-order valence-corrected chi connectivity index (χ2v) is 4.48. The molecule has 16 heavy (non-hydrogen) atoms. The van der Waals surface area contributed by atoms with Crippen LogP contribution in [0.3, 0.4) is 0 Å². The van der Waals surface area contributed by atoms with Crippen LogP contribution in [-0.4, -0.2) is 29.1 Å². The first-order valence-corrected chi connectivity index (χ1v) is 5.60. The number of carbonyl (C=O) groups is 2. The number of nitrogens with two attached hydrogens (primary N) is 1. The standard InChI is InChI=1S/C11H22N2O3/c1-5-7(4)8(12)10(14)13-9(6(2)3)11(15)16/h6-9H,5,12H2,1-4H3,(H,13,14)(H,15,16)/t7?,8-,9-/m0/s1. The van der Waals surface area contributed by atoms with Crippen molar-refractivity contribution in [3.8, 4) is 0 Å². The zero-order valence-electron chi connectivity index (χ0n) is 10.4. The van der Waals surface area contributed by atoms with Gasteiger partial charge in [0.1, 0.15) is 6.04 Å². The molecule has 0 aliphatic rings. The van der Waals surface area contributed by atoms with Crippen LogP contribution in [0.1, 0.15) is 34.1 Å². The average Bonchev–Trinajstić information content (AvgIpc) is 2.22. The molecule has 0 aromatic heterocycles. The molecule has 0 aliphatic heterocycles. The highest BCUT2D eigenvalue weighted by Gasteiger charge is 2.27. The van der Waals surface area contributed by atoms with Crippen molar-refractivity contribution in [3.63, 3.8) is 0 Å². The van der Waals surface area contributed by atoms with Crippen LogP contribution in [0.15, 0.2) is 0 Å². The van der Waals surface area contributed by atoms with E-state index < -0.39 is 24.0 Å². The molecule has 1 amide bonds. The maximum Gasteiger partial charge on any atom is 0.326 e. The molecule has 0 saturated heterocycles. The van der Waals surface area contributed by atoms with Gasteiger partial charge in [0.05, 0.1) is 6.04 Å². The minimum atomic E-state index is -1.03. The highest BCUT2D eigenvalue weighted by molar-refractivity contribution is 5.87. The summed E-state index contributed by atoms with van der Waals surface area (Å²) >= 11 is 0. The molecule has 0 radical (unpaired) electrons. The molecular weight excluding hydrogens is 208 g/mol. The average molecular weight is 230 g/mol. The predicted molar refractivity (Wildman–Crippen MR) is 61.8 cm³/mol. The van der Waals surface area contributed by atoms with Gasteiger partial charge in [-0.25, -0.2) is 4.79 Å². The Kier molecular flexibility index (Phi) is 6.03. The third-order valence-electron chi connectivity index (χ3n) is 2.79. The van der Waals surface area contributed by atoms with Crippen molar-refractivity contribution >= 4 is 11.9 Å². The van der Waals surface area contributed by atoms with Gasteiger partial charge in [-0.05, 0) is 11.8 Å². The zero-order valence-corrected chi connectivity index (χ0v) is 10.4. The van der Waals surface area contributed by atoms with Gasteiger partial charge in [0, 0.05) is 0 Å². The molecule has 0 aromatic carbocycles. The lowest BCUT2D eigenvalue weighted by Crippen LogP contribution is -2.52. The van der Waals surface area contributed by atoms with Crippen LogP contribution >= 0.6 is 0 Å². The van der Waals surface area contributed by atoms with Crippen LogP contribution in [0.4, 0.5) is 0 Å². The van der Waals surface area contributed by atoms with Crippen molar-refractivity contribution in [1.29, 1.82) is 0 Å². The molecule has 0 aliphatic carbocycles. The number of rotatable bonds is 6. The number of carbonyl (C=O) groups excluding carboxylic acids is 1. The molecule has 94 valence electrons. The Labute approximate surface area is 96.4 Å². The molecular formula is C11H22N2O3. The Morgan fingerprint density at radius 1 is 1.31 bits per heavy atom. The van der Waals surface area contributed by atoms with E-state index >= 15 is 0 Å². The second kappa shape index (κ2) is 6.48. The van der Waals surface area contributed by atoms with Crippen LogP contribution < -0.4 is 11.1 Å². The molecule has 0 rings (SSSR count). The molecule has 1 unspecified atom stereocenters. The van der Waals surface area contributed by atoms with Crippen LogP contribution in [0.25, 0.3) is 0 Å². The summed E-state index contributed by atoms with van der Waals surface area (Å²) in [6.07, 6.45) is 0.786. The van der Waals surface area contributed by atoms with E-state index in [0.717, 1.165) is 6.42 Å². The van der Waals surface area contributed by atoms with Crippen molar-refractivity contribution in [3.05, 3.63) is 0 Å². The zero-order chi connectivity index (χ0) is 12.9. The van der Waals surface area contributed by atoms with Gasteiger partial charge in [-0.3, -0.25) is 4.79 Å². The molecule has 0 bridgehead atoms. The van der Waals surface area contributed by atoms with Crippen molar-refractivity contribution in [2.75, 3.05) is 0 Å². The van der Waals surface area contributed by atoms with Crippen LogP contribution in [0, 0.1) is 11.8 Å². The fraction of sp³-hybridized carbons (Fsp3) is 0.818. The van der Waals surface area contributed by atoms with Gasteiger partial charge in [0.2, 0.25) is 5.91 Å². The summed E-state index contributed by atoms with van der Waals surface area (Å²) in [5.74, 6) is -1.54. The Bertz CT molecular complexity index is 254. The largest absolute Gasteiger partial charge is 0.480 e. The van der Waals surface area contributed by atoms with Crippen LogP contribution in [0.5, 0.6) is 0 Å². The van der Waals surface area contributed by atoms with Gasteiger partial charge in [-0.2, -0.15) is 0 Å². The lowest BCUT2D eigenvalue weighted by atomic mass is 9.98. The minimum absolute atomic E-state index is 0.0432. The molecule has 5 heteroatoms. The van der Waals surface area contributed by atoms with Gasteiger partial charge in [-0.1, -0.05) is 34.1 Å². The summed E-state index contributed by atoms with van der Waals surface area (Å²) in [7, 11) is 0. The first-order valence-electron chi connectivity index (χ1n) is 5.60. The van der Waals surface area contributed by atoms with E-state index in [4.69, 9.17) is 10.8 Å². The minimum Gasteiger partial charge on any atom is -0.480 e. The molecule has 5 nitrogen and oxygen atoms in total. The van der Waals surface area contributed by atoms with Crippen molar-refractivity contribution in [2.24, 2.45) is 17.6 Å². The van der Waals surface area contributed by atoms with E-state index in [2.05, 4.69) is 5.32 Å². The number of carboxylic acid groups (broad SMARTS) is 1. The summed E-state index contributed by atoms with van der Waals surface area (Å²) < 4.78 is 0. The number of carboxylic acids is 1. The quantitative estimate of drug-likeness (QED) is 0.622. The van der Waals surface area contributed by atoms with Crippen LogP contribution in [0.2, 0.25) is 0 Å². The molecule has 3 atom stereocenters. The fourth-order valence-electron chi connectivity index (χ4n) is 1.28. The van der Waals surface area contributed by atoms with Crippen LogP contribution in [-0.2, 0) is 9.59 Å². The smallest absolute Gasteiger partial charge is 0.326 e. The van der Waals surface area contributed by atoms with Crippen molar-refractivity contribution in [2.45, 2.75) is 46.2 Å². The lowest BCUT2D eigenvalue weighted by Gasteiger charge is -2.23. The van der Waals surface area contributed by atoms with E-state index in [-0.39, 0.29) is 11.8 Å². The first kappa shape index (κ1) is 14.9. The summed E-state index contributed by atoms with van der Waals surface area (Å²) in [6, 6.07) is -1.52. The van der Waals surface area contributed by atoms with E-state index in [1.165, 1.54) is 0 Å². The number of amides is 1. The number of nitrogens with one attached hydrogen (secondary N) is 1. The molecule has 0 saturated carbocycles. The fourth-order valence-corrected chi connectivity index (χ4v) is 1.28. The molecule has 4 N–H and O–H groups in total. The van der Waals surface area contributed by atoms with Crippen molar-refractivity contribution in [1.82, 2.24) is 5.32 Å². The Morgan fingerprint density at radius 2 is 1.81 bits per heavy atom. The van der Waals surface area contributed by atoms with E-state index in [1.54, 1.807) is 13.8 Å². The molecule has 0 fully saturated rings. The van der Waals surface area contributed by atoms with Gasteiger partial charge in [0.25, 0.3) is 0 Å². The number of hydrogen-bond acceptors (Lipinski definition) is 3. The van der Waals surface area contributed by atoms with E-state index in [0.29, 0.717) is 0 Å². The Morgan fingerprint density at radius 3 is 2.12 bits per heavy atom. The highest BCUT2D eigenvalue weighted by atomic mass is 16.4. The third kappa shape index (κ3) is 4.18. The van der Waals surface area contributed by atoms with E-state index in [9.17, 15) is 9.59 Å². The topological polar surface area (TPSA) is 92.4 Å². The summed E-state index contributed by atoms with van der Waals surface area (Å²) in [4.78, 5) is 22.5. The normalized spacial score (nSPS) is 16.6. The van der Waals surface area contributed by atoms with Gasteiger partial charge >= 0.3 is 5.97 Å². The monoisotopic (exact) mass is 230 g/mol. The SMILES string of the molecule is CCC(C)[C@H](N)C(=O)N[C@H](C(=O)O)C(C)C.